The average molecular weight is 396 g/mol. The number of likely N-dealkylation sites (tertiary alicyclic amines) is 1. The van der Waals surface area contributed by atoms with E-state index >= 15 is 0 Å². The van der Waals surface area contributed by atoms with Crippen molar-refractivity contribution in [3.05, 3.63) is 34.9 Å². The zero-order chi connectivity index (χ0) is 20.2. The van der Waals surface area contributed by atoms with Gasteiger partial charge in [0, 0.05) is 26.1 Å². The molecule has 1 aromatic carbocycles. The highest BCUT2D eigenvalue weighted by Crippen LogP contribution is 2.37. The van der Waals surface area contributed by atoms with Gasteiger partial charge in [0.2, 0.25) is 11.8 Å². The summed E-state index contributed by atoms with van der Waals surface area (Å²) in [6.45, 7) is 4.98. The zero-order valence-corrected chi connectivity index (χ0v) is 16.2. The first-order valence-corrected chi connectivity index (χ1v) is 10.2. The van der Waals surface area contributed by atoms with Gasteiger partial charge in [-0.25, -0.2) is 0 Å². The van der Waals surface area contributed by atoms with Gasteiger partial charge in [-0.15, -0.1) is 0 Å². The van der Waals surface area contributed by atoms with Gasteiger partial charge in [-0.2, -0.15) is 0 Å². The monoisotopic (exact) mass is 396 g/mol. The van der Waals surface area contributed by atoms with Crippen molar-refractivity contribution in [2.45, 2.75) is 38.3 Å². The number of hydrogen-bond acceptors (Lipinski definition) is 6. The highest BCUT2D eigenvalue weighted by Gasteiger charge is 2.45. The quantitative estimate of drug-likeness (QED) is 0.712. The van der Waals surface area contributed by atoms with E-state index in [9.17, 15) is 19.2 Å². The number of imide groups is 2. The average Bonchev–Trinajstić information content (AvgIpc) is 3.38. The van der Waals surface area contributed by atoms with E-state index < -0.39 is 23.8 Å². The van der Waals surface area contributed by atoms with Crippen molar-refractivity contribution < 1.29 is 19.2 Å². The predicted molar refractivity (Wildman–Crippen MR) is 103 cm³/mol. The summed E-state index contributed by atoms with van der Waals surface area (Å²) < 4.78 is 0. The summed E-state index contributed by atoms with van der Waals surface area (Å²) in [5.41, 5.74) is 2.07. The van der Waals surface area contributed by atoms with E-state index in [1.54, 1.807) is 12.1 Å². The third-order valence-corrected chi connectivity index (χ3v) is 6.76. The maximum absolute atomic E-state index is 12.9. The van der Waals surface area contributed by atoms with Crippen LogP contribution in [0.3, 0.4) is 0 Å². The van der Waals surface area contributed by atoms with Gasteiger partial charge in [0.15, 0.2) is 0 Å². The Labute approximate surface area is 168 Å². The Morgan fingerprint density at radius 3 is 2.66 bits per heavy atom. The Bertz CT molecular complexity index is 921. The Hall–Kier alpha value is -2.58. The summed E-state index contributed by atoms with van der Waals surface area (Å²) in [4.78, 5) is 52.7. The zero-order valence-electron chi connectivity index (χ0n) is 16.2. The van der Waals surface area contributed by atoms with E-state index in [2.05, 4.69) is 15.5 Å². The van der Waals surface area contributed by atoms with Crippen LogP contribution in [0.5, 0.6) is 0 Å². The van der Waals surface area contributed by atoms with E-state index in [4.69, 9.17) is 0 Å². The molecule has 0 radical (unpaired) electrons. The van der Waals surface area contributed by atoms with Crippen LogP contribution in [-0.4, -0.2) is 65.6 Å². The number of carbonyl (C=O) groups excluding carboxylic acids is 4. The molecule has 4 aliphatic rings. The highest BCUT2D eigenvalue weighted by atomic mass is 16.2. The molecule has 5 rings (SSSR count). The van der Waals surface area contributed by atoms with E-state index in [0.717, 1.165) is 43.2 Å². The number of hydrogen-bond donors (Lipinski definition) is 2. The molecule has 152 valence electrons. The van der Waals surface area contributed by atoms with E-state index in [-0.39, 0.29) is 18.7 Å². The van der Waals surface area contributed by atoms with Crippen LogP contribution in [-0.2, 0) is 16.1 Å². The van der Waals surface area contributed by atoms with Crippen molar-refractivity contribution in [3.63, 3.8) is 0 Å². The van der Waals surface area contributed by atoms with Crippen LogP contribution >= 0.6 is 0 Å². The number of carbonyl (C=O) groups is 4. The molecular weight excluding hydrogens is 372 g/mol. The van der Waals surface area contributed by atoms with Crippen LogP contribution in [0.1, 0.15) is 52.0 Å². The maximum atomic E-state index is 12.9. The summed E-state index contributed by atoms with van der Waals surface area (Å²) in [6.07, 6.45) is 2.70. The lowest BCUT2D eigenvalue weighted by atomic mass is 9.86. The molecule has 3 saturated heterocycles. The smallest absolute Gasteiger partial charge is 0.262 e. The molecule has 0 bridgehead atoms. The summed E-state index contributed by atoms with van der Waals surface area (Å²) >= 11 is 0. The van der Waals surface area contributed by atoms with Crippen molar-refractivity contribution in [3.8, 4) is 0 Å². The maximum Gasteiger partial charge on any atom is 0.262 e. The third-order valence-electron chi connectivity index (χ3n) is 6.76. The summed E-state index contributed by atoms with van der Waals surface area (Å²) in [5, 5.41) is 5.68. The standard InChI is InChI=1S/C21H24N4O4/c26-17-4-3-16(18(27)23-17)25-19(28)14-2-1-13(9-15(14)20(25)29)10-24-8-6-21(12-24)5-7-22-11-21/h1-2,9,16,22H,3-8,10-12H2,(H,23,26,27). The Morgan fingerprint density at radius 2 is 1.90 bits per heavy atom. The normalized spacial score (nSPS) is 29.8. The van der Waals surface area contributed by atoms with Crippen LogP contribution in [0.25, 0.3) is 0 Å². The lowest BCUT2D eigenvalue weighted by Crippen LogP contribution is -2.54. The molecule has 1 spiro atoms. The molecule has 2 N–H and O–H groups in total. The van der Waals surface area contributed by atoms with Gasteiger partial charge >= 0.3 is 0 Å². The summed E-state index contributed by atoms with van der Waals surface area (Å²) in [6, 6.07) is 4.46. The van der Waals surface area contributed by atoms with Gasteiger partial charge in [0.05, 0.1) is 11.1 Å². The molecule has 8 nitrogen and oxygen atoms in total. The number of rotatable bonds is 3. The Balaban J connectivity index is 1.33. The molecular formula is C21H24N4O4. The first kappa shape index (κ1) is 18.4. The molecule has 3 fully saturated rings. The molecule has 29 heavy (non-hydrogen) atoms. The first-order valence-electron chi connectivity index (χ1n) is 10.2. The van der Waals surface area contributed by atoms with Crippen molar-refractivity contribution in [1.29, 1.82) is 0 Å². The van der Waals surface area contributed by atoms with Crippen LogP contribution in [0, 0.1) is 5.41 Å². The van der Waals surface area contributed by atoms with Crippen molar-refractivity contribution in [2.75, 3.05) is 26.2 Å². The summed E-state index contributed by atoms with van der Waals surface area (Å²) in [5.74, 6) is -1.85. The van der Waals surface area contributed by atoms with Gasteiger partial charge in [-0.1, -0.05) is 6.07 Å². The van der Waals surface area contributed by atoms with Gasteiger partial charge in [0.1, 0.15) is 6.04 Å². The lowest BCUT2D eigenvalue weighted by molar-refractivity contribution is -0.136. The number of piperidine rings is 1. The van der Waals surface area contributed by atoms with Crippen molar-refractivity contribution in [2.24, 2.45) is 5.41 Å². The van der Waals surface area contributed by atoms with Crippen LogP contribution in [0.4, 0.5) is 0 Å². The van der Waals surface area contributed by atoms with E-state index in [1.807, 2.05) is 6.07 Å². The SMILES string of the molecule is O=C1CCC(N2C(=O)c3ccc(CN4CCC5(CCNC5)C4)cc3C2=O)C(=O)N1. The topological polar surface area (TPSA) is 98.8 Å². The fourth-order valence-electron chi connectivity index (χ4n) is 5.18. The number of amides is 4. The van der Waals surface area contributed by atoms with Crippen LogP contribution < -0.4 is 10.6 Å². The molecule has 4 aliphatic heterocycles. The number of benzene rings is 1. The molecule has 2 unspecified atom stereocenters. The van der Waals surface area contributed by atoms with Gasteiger partial charge in [0.25, 0.3) is 11.8 Å². The Kier molecular flexibility index (Phi) is 4.29. The number of nitrogens with zero attached hydrogens (tertiary/aromatic N) is 2. The number of fused-ring (bicyclic) bond motifs is 1. The van der Waals surface area contributed by atoms with Gasteiger partial charge < -0.3 is 5.32 Å². The first-order chi connectivity index (χ1) is 14.0. The van der Waals surface area contributed by atoms with E-state index in [0.29, 0.717) is 16.5 Å². The molecule has 0 aromatic heterocycles. The molecule has 4 amide bonds. The largest absolute Gasteiger partial charge is 0.316 e. The molecule has 0 aliphatic carbocycles. The third kappa shape index (κ3) is 3.07. The van der Waals surface area contributed by atoms with Crippen molar-refractivity contribution >= 4 is 23.6 Å². The number of nitrogens with one attached hydrogen (secondary N) is 2. The lowest BCUT2D eigenvalue weighted by Gasteiger charge is -2.27. The summed E-state index contributed by atoms with van der Waals surface area (Å²) in [7, 11) is 0. The highest BCUT2D eigenvalue weighted by molar-refractivity contribution is 6.23. The molecule has 4 heterocycles. The minimum absolute atomic E-state index is 0.126. The molecule has 0 saturated carbocycles. The van der Waals surface area contributed by atoms with Gasteiger partial charge in [-0.3, -0.25) is 34.3 Å². The second-order valence-corrected chi connectivity index (χ2v) is 8.71. The predicted octanol–water partition coefficient (Wildman–Crippen LogP) is 0.273. The minimum Gasteiger partial charge on any atom is -0.316 e. The minimum atomic E-state index is -0.920. The Morgan fingerprint density at radius 1 is 1.07 bits per heavy atom. The fraction of sp³-hybridized carbons (Fsp3) is 0.524. The molecule has 8 heteroatoms. The van der Waals surface area contributed by atoms with Crippen LogP contribution in [0.2, 0.25) is 0 Å². The van der Waals surface area contributed by atoms with Gasteiger partial charge in [-0.05, 0) is 55.5 Å². The second-order valence-electron chi connectivity index (χ2n) is 8.71. The molecule has 1 aromatic rings. The van der Waals surface area contributed by atoms with Crippen molar-refractivity contribution in [1.82, 2.24) is 20.4 Å². The molecule has 2 atom stereocenters. The van der Waals surface area contributed by atoms with Crippen LogP contribution in [0.15, 0.2) is 18.2 Å². The van der Waals surface area contributed by atoms with E-state index in [1.165, 1.54) is 12.8 Å². The second kappa shape index (κ2) is 6.74. The fourth-order valence-corrected chi connectivity index (χ4v) is 5.18.